The Labute approximate surface area is 167 Å². The van der Waals surface area contributed by atoms with Crippen molar-refractivity contribution in [2.75, 3.05) is 11.1 Å². The Bertz CT molecular complexity index is 891. The van der Waals surface area contributed by atoms with Crippen LogP contribution in [0, 0.1) is 0 Å². The van der Waals surface area contributed by atoms with Gasteiger partial charge in [0.05, 0.1) is 10.8 Å². The lowest BCUT2D eigenvalue weighted by Crippen LogP contribution is -2.14. The van der Waals surface area contributed by atoms with Crippen LogP contribution in [0.15, 0.2) is 58.2 Å². The van der Waals surface area contributed by atoms with E-state index in [1.165, 1.54) is 11.8 Å². The van der Waals surface area contributed by atoms with Crippen LogP contribution in [0.2, 0.25) is 5.02 Å². The molecule has 2 aromatic carbocycles. The Kier molecular flexibility index (Phi) is 6.54. The first kappa shape index (κ1) is 18.8. The van der Waals surface area contributed by atoms with Gasteiger partial charge < -0.3 is 10.1 Å². The second kappa shape index (κ2) is 9.07. The molecule has 1 heterocycles. The summed E-state index contributed by atoms with van der Waals surface area (Å²) in [6, 6.07) is 14.7. The summed E-state index contributed by atoms with van der Waals surface area (Å²) in [4.78, 5) is 16.3. The number of amides is 1. The summed E-state index contributed by atoms with van der Waals surface area (Å²) in [5, 5.41) is 10.7. The van der Waals surface area contributed by atoms with Crippen LogP contribution in [0.3, 0.4) is 0 Å². The number of hydrogen-bond donors (Lipinski definition) is 2. The van der Waals surface area contributed by atoms with Crippen molar-refractivity contribution in [3.8, 4) is 5.75 Å². The van der Waals surface area contributed by atoms with Gasteiger partial charge in [0.2, 0.25) is 11.1 Å². The zero-order valence-electron chi connectivity index (χ0n) is 13.4. The van der Waals surface area contributed by atoms with Crippen LogP contribution in [-0.2, 0) is 11.4 Å². The van der Waals surface area contributed by atoms with E-state index < -0.39 is 0 Å². The summed E-state index contributed by atoms with van der Waals surface area (Å²) < 4.78 is 6.37. The molecule has 0 bridgehead atoms. The SMILES string of the molecule is O=C(CSc1n[nH]c(COc2ccccc2)n1)Nc1ccc(Br)c(Cl)c1. The first-order valence-electron chi connectivity index (χ1n) is 7.57. The maximum atomic E-state index is 12.0. The van der Waals surface area contributed by atoms with Gasteiger partial charge in [-0.05, 0) is 46.3 Å². The standard InChI is InChI=1S/C17H14BrClN4O2S/c18-13-7-6-11(8-14(13)19)20-16(24)10-26-17-21-15(22-23-17)9-25-12-4-2-1-3-5-12/h1-8H,9-10H2,(H,20,24)(H,21,22,23). The van der Waals surface area contributed by atoms with Crippen LogP contribution >= 0.6 is 39.3 Å². The summed E-state index contributed by atoms with van der Waals surface area (Å²) in [5.74, 6) is 1.37. The van der Waals surface area contributed by atoms with Gasteiger partial charge in [-0.15, -0.1) is 5.10 Å². The van der Waals surface area contributed by atoms with Crippen molar-refractivity contribution in [2.45, 2.75) is 11.8 Å². The highest BCUT2D eigenvalue weighted by atomic mass is 79.9. The molecular formula is C17H14BrClN4O2S. The van der Waals surface area contributed by atoms with Crippen molar-refractivity contribution in [3.05, 3.63) is 63.9 Å². The maximum Gasteiger partial charge on any atom is 0.234 e. The molecule has 0 aliphatic carbocycles. The third-order valence-electron chi connectivity index (χ3n) is 3.17. The van der Waals surface area contributed by atoms with E-state index in [-0.39, 0.29) is 18.3 Å². The van der Waals surface area contributed by atoms with Crippen molar-refractivity contribution >= 4 is 50.9 Å². The van der Waals surface area contributed by atoms with E-state index in [0.717, 1.165) is 10.2 Å². The van der Waals surface area contributed by atoms with Crippen LogP contribution in [0.1, 0.15) is 5.82 Å². The lowest BCUT2D eigenvalue weighted by molar-refractivity contribution is -0.113. The van der Waals surface area contributed by atoms with Crippen LogP contribution in [0.4, 0.5) is 5.69 Å². The number of ether oxygens (including phenoxy) is 1. The third kappa shape index (κ3) is 5.48. The maximum absolute atomic E-state index is 12.0. The van der Waals surface area contributed by atoms with Crippen LogP contribution in [0.5, 0.6) is 5.75 Å². The molecule has 3 aromatic rings. The number of carbonyl (C=O) groups excluding carboxylic acids is 1. The molecule has 0 aliphatic heterocycles. The number of benzene rings is 2. The molecule has 0 unspecified atom stereocenters. The van der Waals surface area contributed by atoms with Crippen LogP contribution in [-0.4, -0.2) is 26.8 Å². The molecule has 0 saturated heterocycles. The summed E-state index contributed by atoms with van der Waals surface area (Å²) in [7, 11) is 0. The van der Waals surface area contributed by atoms with Gasteiger partial charge in [0.15, 0.2) is 5.82 Å². The van der Waals surface area contributed by atoms with Crippen LogP contribution < -0.4 is 10.1 Å². The average Bonchev–Trinajstić information content (AvgIpc) is 3.10. The second-order valence-corrected chi connectivity index (χ2v) is 7.34. The molecule has 6 nitrogen and oxygen atoms in total. The number of aromatic amines is 1. The quantitative estimate of drug-likeness (QED) is 0.514. The molecule has 9 heteroatoms. The summed E-state index contributed by atoms with van der Waals surface area (Å²) in [6.45, 7) is 0.279. The monoisotopic (exact) mass is 452 g/mol. The van der Waals surface area contributed by atoms with Gasteiger partial charge in [0, 0.05) is 10.2 Å². The minimum atomic E-state index is -0.166. The average molecular weight is 454 g/mol. The minimum absolute atomic E-state index is 0.166. The zero-order valence-corrected chi connectivity index (χ0v) is 16.6. The molecule has 0 aliphatic rings. The van der Waals surface area contributed by atoms with Gasteiger partial charge in [0.1, 0.15) is 12.4 Å². The largest absolute Gasteiger partial charge is 0.486 e. The Hall–Kier alpha value is -2.03. The smallest absolute Gasteiger partial charge is 0.234 e. The molecule has 0 atom stereocenters. The van der Waals surface area contributed by atoms with E-state index in [1.54, 1.807) is 18.2 Å². The fraction of sp³-hybridized carbons (Fsp3) is 0.118. The number of H-pyrrole nitrogens is 1. The van der Waals surface area contributed by atoms with Gasteiger partial charge in [0.25, 0.3) is 0 Å². The molecule has 2 N–H and O–H groups in total. The number of hydrogen-bond acceptors (Lipinski definition) is 5. The minimum Gasteiger partial charge on any atom is -0.486 e. The highest BCUT2D eigenvalue weighted by molar-refractivity contribution is 9.10. The van der Waals surface area contributed by atoms with Gasteiger partial charge in [-0.2, -0.15) is 0 Å². The van der Waals surface area contributed by atoms with E-state index >= 15 is 0 Å². The number of aromatic nitrogens is 3. The lowest BCUT2D eigenvalue weighted by Gasteiger charge is -2.05. The molecule has 3 rings (SSSR count). The first-order valence-corrected chi connectivity index (χ1v) is 9.72. The number of halogens is 2. The van der Waals surface area contributed by atoms with Crippen molar-refractivity contribution in [3.63, 3.8) is 0 Å². The van der Waals surface area contributed by atoms with Gasteiger partial charge in [-0.3, -0.25) is 9.89 Å². The van der Waals surface area contributed by atoms with E-state index in [4.69, 9.17) is 16.3 Å². The summed E-state index contributed by atoms with van der Waals surface area (Å²) >= 11 is 10.5. The normalized spacial score (nSPS) is 10.5. The van der Waals surface area contributed by atoms with Gasteiger partial charge >= 0.3 is 0 Å². The Morgan fingerprint density at radius 2 is 2.08 bits per heavy atom. The van der Waals surface area contributed by atoms with Gasteiger partial charge in [-0.25, -0.2) is 4.98 Å². The summed E-state index contributed by atoms with van der Waals surface area (Å²) in [5.41, 5.74) is 0.635. The van der Waals surface area contributed by atoms with Crippen LogP contribution in [0.25, 0.3) is 0 Å². The number of nitrogens with zero attached hydrogens (tertiary/aromatic N) is 2. The fourth-order valence-corrected chi connectivity index (χ4v) is 3.02. The third-order valence-corrected chi connectivity index (χ3v) is 5.25. The highest BCUT2D eigenvalue weighted by Crippen LogP contribution is 2.25. The Morgan fingerprint density at radius 3 is 2.85 bits per heavy atom. The predicted octanol–water partition coefficient (Wildman–Crippen LogP) is 4.53. The number of anilines is 1. The van der Waals surface area contributed by atoms with Crippen molar-refractivity contribution < 1.29 is 9.53 Å². The molecule has 0 spiro atoms. The highest BCUT2D eigenvalue weighted by Gasteiger charge is 2.09. The number of thioether (sulfide) groups is 1. The van der Waals surface area contributed by atoms with Crippen molar-refractivity contribution in [2.24, 2.45) is 0 Å². The van der Waals surface area contributed by atoms with E-state index in [9.17, 15) is 4.79 Å². The topological polar surface area (TPSA) is 79.9 Å². The molecule has 26 heavy (non-hydrogen) atoms. The molecule has 1 amide bonds. The summed E-state index contributed by atoms with van der Waals surface area (Å²) in [6.07, 6.45) is 0. The lowest BCUT2D eigenvalue weighted by atomic mass is 10.3. The first-order chi connectivity index (χ1) is 12.6. The number of carbonyl (C=O) groups is 1. The van der Waals surface area contributed by atoms with Crippen molar-refractivity contribution in [1.82, 2.24) is 15.2 Å². The fourth-order valence-electron chi connectivity index (χ4n) is 1.98. The van der Waals surface area contributed by atoms with Gasteiger partial charge in [-0.1, -0.05) is 41.6 Å². The molecule has 0 radical (unpaired) electrons. The van der Waals surface area contributed by atoms with E-state index in [0.29, 0.717) is 21.7 Å². The Balaban J connectivity index is 1.46. The number of rotatable bonds is 7. The molecule has 0 saturated carbocycles. The number of nitrogens with one attached hydrogen (secondary N) is 2. The van der Waals surface area contributed by atoms with E-state index in [1.807, 2.05) is 30.3 Å². The molecule has 134 valence electrons. The molecule has 1 aromatic heterocycles. The zero-order chi connectivity index (χ0) is 18.4. The van der Waals surface area contributed by atoms with Crippen molar-refractivity contribution in [1.29, 1.82) is 0 Å². The second-order valence-electron chi connectivity index (χ2n) is 5.13. The predicted molar refractivity (Wildman–Crippen MR) is 106 cm³/mol. The number of para-hydroxylation sites is 1. The van der Waals surface area contributed by atoms with E-state index in [2.05, 4.69) is 36.4 Å². The Morgan fingerprint density at radius 1 is 1.27 bits per heavy atom. The molecule has 0 fully saturated rings. The molecular weight excluding hydrogens is 440 g/mol.